The molecule has 0 spiro atoms. The van der Waals surface area contributed by atoms with Crippen molar-refractivity contribution >= 4 is 5.78 Å². The second-order valence-electron chi connectivity index (χ2n) is 6.14. The van der Waals surface area contributed by atoms with Crippen molar-refractivity contribution < 1.29 is 4.79 Å². The van der Waals surface area contributed by atoms with Crippen LogP contribution in [0.1, 0.15) is 28.3 Å². The Hall–Kier alpha value is -2.15. The average molecular weight is 274 g/mol. The van der Waals surface area contributed by atoms with Crippen molar-refractivity contribution in [3.8, 4) is 0 Å². The summed E-state index contributed by atoms with van der Waals surface area (Å²) in [5.74, 6) is 1.68. The summed E-state index contributed by atoms with van der Waals surface area (Å²) in [5, 5.41) is 0. The van der Waals surface area contributed by atoms with Crippen molar-refractivity contribution in [1.29, 1.82) is 0 Å². The van der Waals surface area contributed by atoms with Crippen LogP contribution in [0.3, 0.4) is 0 Å². The highest BCUT2D eigenvalue weighted by molar-refractivity contribution is 5.99. The first kappa shape index (κ1) is 12.6. The maximum absolute atomic E-state index is 13.0. The standard InChI is InChI=1S/C20H18O/c21-20(15-9-5-2-6-10-15)19-17-12-11-16(13-17)18(19)14-7-3-1-4-8-14/h1-12,16-19H,13H2/t16-,17-,18+,19+/m0/s1. The van der Waals surface area contributed by atoms with Gasteiger partial charge in [-0.15, -0.1) is 0 Å². The molecule has 0 aromatic heterocycles. The second kappa shape index (κ2) is 5.00. The van der Waals surface area contributed by atoms with Crippen LogP contribution in [0, 0.1) is 17.8 Å². The molecule has 0 amide bonds. The molecule has 2 aliphatic rings. The van der Waals surface area contributed by atoms with Gasteiger partial charge >= 0.3 is 0 Å². The first-order valence-electron chi connectivity index (χ1n) is 7.67. The van der Waals surface area contributed by atoms with E-state index in [2.05, 4.69) is 36.4 Å². The van der Waals surface area contributed by atoms with E-state index in [1.807, 2.05) is 36.4 Å². The van der Waals surface area contributed by atoms with E-state index < -0.39 is 0 Å². The van der Waals surface area contributed by atoms with E-state index in [1.165, 1.54) is 5.56 Å². The molecule has 2 aromatic rings. The van der Waals surface area contributed by atoms with Crippen LogP contribution < -0.4 is 0 Å². The van der Waals surface area contributed by atoms with Crippen molar-refractivity contribution in [2.45, 2.75) is 12.3 Å². The van der Waals surface area contributed by atoms with Crippen molar-refractivity contribution in [3.63, 3.8) is 0 Å². The van der Waals surface area contributed by atoms with Gasteiger partial charge in [0.25, 0.3) is 0 Å². The van der Waals surface area contributed by atoms with E-state index in [1.54, 1.807) is 0 Å². The molecule has 2 bridgehead atoms. The van der Waals surface area contributed by atoms with Gasteiger partial charge in [-0.1, -0.05) is 72.8 Å². The number of benzene rings is 2. The van der Waals surface area contributed by atoms with Crippen LogP contribution in [0.25, 0.3) is 0 Å². The molecule has 1 fully saturated rings. The van der Waals surface area contributed by atoms with Crippen LogP contribution in [-0.4, -0.2) is 5.78 Å². The van der Waals surface area contributed by atoms with Crippen LogP contribution in [0.15, 0.2) is 72.8 Å². The fourth-order valence-electron chi connectivity index (χ4n) is 4.10. The highest BCUT2D eigenvalue weighted by Gasteiger charge is 2.48. The molecule has 0 unspecified atom stereocenters. The number of allylic oxidation sites excluding steroid dienone is 2. The fraction of sp³-hybridized carbons (Fsp3) is 0.250. The molecule has 4 rings (SSSR count). The summed E-state index contributed by atoms with van der Waals surface area (Å²) in [5.41, 5.74) is 2.16. The molecule has 0 radical (unpaired) electrons. The number of fused-ring (bicyclic) bond motifs is 2. The minimum Gasteiger partial charge on any atom is -0.294 e. The van der Waals surface area contributed by atoms with Gasteiger partial charge in [0.05, 0.1) is 0 Å². The quantitative estimate of drug-likeness (QED) is 0.596. The number of carbonyl (C=O) groups excluding carboxylic acids is 1. The molecule has 1 nitrogen and oxygen atoms in total. The van der Waals surface area contributed by atoms with Crippen LogP contribution in [0.5, 0.6) is 0 Å². The third kappa shape index (κ3) is 2.04. The smallest absolute Gasteiger partial charge is 0.167 e. The zero-order chi connectivity index (χ0) is 14.2. The Balaban J connectivity index is 1.73. The summed E-state index contributed by atoms with van der Waals surface area (Å²) < 4.78 is 0. The largest absolute Gasteiger partial charge is 0.294 e. The van der Waals surface area contributed by atoms with Crippen LogP contribution in [0.2, 0.25) is 0 Å². The molecule has 2 aliphatic carbocycles. The Morgan fingerprint density at radius 3 is 2.14 bits per heavy atom. The number of rotatable bonds is 3. The predicted molar refractivity (Wildman–Crippen MR) is 84.2 cm³/mol. The molecule has 0 heterocycles. The Morgan fingerprint density at radius 2 is 1.43 bits per heavy atom. The summed E-state index contributed by atoms with van der Waals surface area (Å²) in [6.07, 6.45) is 5.70. The SMILES string of the molecule is O=C(c1ccccc1)[C@H]1[C@H](c2ccccc2)[C@H]2C=C[C@H]1C2. The van der Waals surface area contributed by atoms with E-state index in [0.717, 1.165) is 12.0 Å². The fourth-order valence-corrected chi connectivity index (χ4v) is 4.10. The minimum atomic E-state index is 0.102. The van der Waals surface area contributed by atoms with Gasteiger partial charge in [-0.05, 0) is 23.8 Å². The minimum absolute atomic E-state index is 0.102. The van der Waals surface area contributed by atoms with E-state index in [0.29, 0.717) is 23.5 Å². The monoisotopic (exact) mass is 274 g/mol. The molecule has 0 aliphatic heterocycles. The van der Waals surface area contributed by atoms with E-state index in [-0.39, 0.29) is 5.92 Å². The lowest BCUT2D eigenvalue weighted by atomic mass is 9.75. The third-order valence-corrected chi connectivity index (χ3v) is 5.00. The zero-order valence-corrected chi connectivity index (χ0v) is 11.9. The van der Waals surface area contributed by atoms with Gasteiger partial charge in [-0.25, -0.2) is 0 Å². The first-order valence-corrected chi connectivity index (χ1v) is 7.67. The van der Waals surface area contributed by atoms with Gasteiger partial charge in [-0.3, -0.25) is 4.79 Å². The van der Waals surface area contributed by atoms with Gasteiger partial charge in [0, 0.05) is 17.4 Å². The third-order valence-electron chi connectivity index (χ3n) is 5.00. The zero-order valence-electron chi connectivity index (χ0n) is 11.9. The van der Waals surface area contributed by atoms with Gasteiger partial charge in [0.15, 0.2) is 5.78 Å². The summed E-state index contributed by atoms with van der Waals surface area (Å²) in [7, 11) is 0. The molecule has 21 heavy (non-hydrogen) atoms. The van der Waals surface area contributed by atoms with E-state index >= 15 is 0 Å². The van der Waals surface area contributed by atoms with Crippen LogP contribution in [-0.2, 0) is 0 Å². The Morgan fingerprint density at radius 1 is 0.810 bits per heavy atom. The van der Waals surface area contributed by atoms with E-state index in [4.69, 9.17) is 0 Å². The molecule has 0 saturated heterocycles. The topological polar surface area (TPSA) is 17.1 Å². The Kier molecular flexibility index (Phi) is 2.99. The van der Waals surface area contributed by atoms with E-state index in [9.17, 15) is 4.79 Å². The van der Waals surface area contributed by atoms with Crippen molar-refractivity contribution in [2.75, 3.05) is 0 Å². The molecule has 1 heteroatoms. The van der Waals surface area contributed by atoms with Gasteiger partial charge in [-0.2, -0.15) is 0 Å². The number of hydrogen-bond donors (Lipinski definition) is 0. The number of Topliss-reactive ketones (excluding diaryl/α,β-unsaturated/α-hetero) is 1. The van der Waals surface area contributed by atoms with Crippen molar-refractivity contribution in [2.24, 2.45) is 17.8 Å². The van der Waals surface area contributed by atoms with Crippen molar-refractivity contribution in [1.82, 2.24) is 0 Å². The van der Waals surface area contributed by atoms with Gasteiger partial charge in [0.2, 0.25) is 0 Å². The Labute approximate surface area is 125 Å². The lowest BCUT2D eigenvalue weighted by molar-refractivity contribution is 0.0887. The maximum Gasteiger partial charge on any atom is 0.167 e. The maximum atomic E-state index is 13.0. The van der Waals surface area contributed by atoms with Gasteiger partial charge < -0.3 is 0 Å². The number of hydrogen-bond acceptors (Lipinski definition) is 1. The van der Waals surface area contributed by atoms with Crippen LogP contribution in [0.4, 0.5) is 0 Å². The first-order chi connectivity index (χ1) is 10.3. The normalized spacial score (nSPS) is 29.7. The summed E-state index contributed by atoms with van der Waals surface area (Å²) in [6.45, 7) is 0. The predicted octanol–water partition coefficient (Wildman–Crippen LogP) is 4.48. The molecular weight excluding hydrogens is 256 g/mol. The highest BCUT2D eigenvalue weighted by Crippen LogP contribution is 2.53. The molecular formula is C20H18O. The Bertz CT molecular complexity index is 671. The summed E-state index contributed by atoms with van der Waals surface area (Å²) in [6, 6.07) is 20.3. The molecule has 1 saturated carbocycles. The lowest BCUT2D eigenvalue weighted by Gasteiger charge is -2.27. The molecule has 2 aromatic carbocycles. The van der Waals surface area contributed by atoms with Gasteiger partial charge in [0.1, 0.15) is 0 Å². The summed E-state index contributed by atoms with van der Waals surface area (Å²) >= 11 is 0. The molecule has 104 valence electrons. The summed E-state index contributed by atoms with van der Waals surface area (Å²) in [4.78, 5) is 13.0. The second-order valence-corrected chi connectivity index (χ2v) is 6.14. The average Bonchev–Trinajstić information content (AvgIpc) is 3.17. The number of carbonyl (C=O) groups is 1. The molecule has 4 atom stereocenters. The lowest BCUT2D eigenvalue weighted by Crippen LogP contribution is -2.26. The number of ketones is 1. The highest BCUT2D eigenvalue weighted by atomic mass is 16.1. The molecule has 0 N–H and O–H groups in total. The van der Waals surface area contributed by atoms with Crippen molar-refractivity contribution in [3.05, 3.63) is 83.9 Å². The van der Waals surface area contributed by atoms with Crippen LogP contribution >= 0.6 is 0 Å².